The van der Waals surface area contributed by atoms with Crippen molar-refractivity contribution < 1.29 is 14.3 Å². The lowest BCUT2D eigenvalue weighted by Crippen LogP contribution is -2.31. The van der Waals surface area contributed by atoms with Gasteiger partial charge in [-0.3, -0.25) is 9.69 Å². The smallest absolute Gasteiger partial charge is 0.317 e. The summed E-state index contributed by atoms with van der Waals surface area (Å²) in [5, 5.41) is 8.82. The lowest BCUT2D eigenvalue weighted by atomic mass is 10.1. The molecular weight excluding hydrogens is 221 g/mol. The molecule has 92 valence electrons. The van der Waals surface area contributed by atoms with Gasteiger partial charge < -0.3 is 5.11 Å². The van der Waals surface area contributed by atoms with Crippen LogP contribution in [0.15, 0.2) is 18.2 Å². The zero-order valence-corrected chi connectivity index (χ0v) is 9.82. The van der Waals surface area contributed by atoms with Crippen molar-refractivity contribution in [3.05, 3.63) is 35.1 Å². The Labute approximate surface area is 99.9 Å². The Kier molecular flexibility index (Phi) is 3.43. The second-order valence-electron chi connectivity index (χ2n) is 4.61. The molecule has 0 aromatic heterocycles. The van der Waals surface area contributed by atoms with E-state index in [2.05, 4.69) is 0 Å². The van der Waals surface area contributed by atoms with Crippen molar-refractivity contribution in [2.24, 2.45) is 0 Å². The van der Waals surface area contributed by atoms with E-state index in [0.29, 0.717) is 18.2 Å². The first kappa shape index (κ1) is 12.0. The molecule has 3 nitrogen and oxygen atoms in total. The van der Waals surface area contributed by atoms with Gasteiger partial charge in [0, 0.05) is 12.6 Å². The van der Waals surface area contributed by atoms with Gasteiger partial charge in [0.1, 0.15) is 5.82 Å². The molecule has 0 aliphatic heterocycles. The molecule has 0 spiro atoms. The molecule has 0 unspecified atom stereocenters. The van der Waals surface area contributed by atoms with Gasteiger partial charge in [-0.2, -0.15) is 0 Å². The highest BCUT2D eigenvalue weighted by atomic mass is 19.1. The van der Waals surface area contributed by atoms with Crippen molar-refractivity contribution in [1.82, 2.24) is 4.90 Å². The van der Waals surface area contributed by atoms with Crippen molar-refractivity contribution in [3.63, 3.8) is 0 Å². The molecular formula is C13H16FNO2. The highest BCUT2D eigenvalue weighted by Crippen LogP contribution is 2.28. The van der Waals surface area contributed by atoms with Crippen molar-refractivity contribution >= 4 is 5.97 Å². The third-order valence-corrected chi connectivity index (χ3v) is 3.02. The predicted molar refractivity (Wildman–Crippen MR) is 62.2 cm³/mol. The molecule has 4 heteroatoms. The first-order valence-electron chi connectivity index (χ1n) is 5.77. The van der Waals surface area contributed by atoms with Gasteiger partial charge in [-0.1, -0.05) is 12.1 Å². The molecule has 1 aromatic carbocycles. The third-order valence-electron chi connectivity index (χ3n) is 3.02. The van der Waals surface area contributed by atoms with Gasteiger partial charge in [-0.25, -0.2) is 4.39 Å². The lowest BCUT2D eigenvalue weighted by molar-refractivity contribution is -0.138. The molecule has 1 aromatic rings. The normalized spacial score (nSPS) is 15.2. The maximum Gasteiger partial charge on any atom is 0.317 e. The first-order valence-corrected chi connectivity index (χ1v) is 5.77. The number of aliphatic carboxylic acids is 1. The molecule has 1 aliphatic rings. The largest absolute Gasteiger partial charge is 0.480 e. The second kappa shape index (κ2) is 4.84. The average Bonchev–Trinajstić information content (AvgIpc) is 3.05. The van der Waals surface area contributed by atoms with Crippen LogP contribution >= 0.6 is 0 Å². The minimum atomic E-state index is -0.829. The number of carbonyl (C=O) groups is 1. The molecule has 0 atom stereocenters. The number of nitrogens with zero attached hydrogens (tertiary/aromatic N) is 1. The Morgan fingerprint density at radius 2 is 2.24 bits per heavy atom. The van der Waals surface area contributed by atoms with E-state index in [-0.39, 0.29) is 12.4 Å². The standard InChI is InChI=1S/C13H16FNO2/c1-9-2-3-10(6-12(9)14)7-15(8-13(16)17)11-4-5-11/h2-3,6,11H,4-5,7-8H2,1H3,(H,16,17). The van der Waals surface area contributed by atoms with Gasteiger partial charge in [0.2, 0.25) is 0 Å². The number of carboxylic acids is 1. The van der Waals surface area contributed by atoms with E-state index in [1.807, 2.05) is 11.0 Å². The molecule has 0 saturated heterocycles. The topological polar surface area (TPSA) is 40.5 Å². The molecule has 0 amide bonds. The van der Waals surface area contributed by atoms with Crippen LogP contribution in [0.3, 0.4) is 0 Å². The fourth-order valence-electron chi connectivity index (χ4n) is 1.90. The summed E-state index contributed by atoms with van der Waals surface area (Å²) >= 11 is 0. The van der Waals surface area contributed by atoms with Crippen LogP contribution < -0.4 is 0 Å². The number of aryl methyl sites for hydroxylation is 1. The highest BCUT2D eigenvalue weighted by Gasteiger charge is 2.30. The van der Waals surface area contributed by atoms with E-state index in [9.17, 15) is 9.18 Å². The van der Waals surface area contributed by atoms with Gasteiger partial charge in [-0.05, 0) is 37.0 Å². The van der Waals surface area contributed by atoms with Gasteiger partial charge in [-0.15, -0.1) is 0 Å². The van der Waals surface area contributed by atoms with Crippen LogP contribution in [-0.2, 0) is 11.3 Å². The summed E-state index contributed by atoms with van der Waals surface area (Å²) in [4.78, 5) is 12.6. The van der Waals surface area contributed by atoms with Gasteiger partial charge in [0.15, 0.2) is 0 Å². The van der Waals surface area contributed by atoms with E-state index in [1.165, 1.54) is 6.07 Å². The molecule has 1 N–H and O–H groups in total. The Hall–Kier alpha value is -1.42. The second-order valence-corrected chi connectivity index (χ2v) is 4.61. The molecule has 1 aliphatic carbocycles. The minimum Gasteiger partial charge on any atom is -0.480 e. The molecule has 17 heavy (non-hydrogen) atoms. The van der Waals surface area contributed by atoms with Gasteiger partial charge >= 0.3 is 5.97 Å². The number of hydrogen-bond donors (Lipinski definition) is 1. The van der Waals surface area contributed by atoms with E-state index in [1.54, 1.807) is 13.0 Å². The summed E-state index contributed by atoms with van der Waals surface area (Å²) in [6, 6.07) is 5.44. The quantitative estimate of drug-likeness (QED) is 0.853. The van der Waals surface area contributed by atoms with Crippen molar-refractivity contribution in [3.8, 4) is 0 Å². The Balaban J connectivity index is 2.06. The summed E-state index contributed by atoms with van der Waals surface area (Å²) in [6.07, 6.45) is 2.09. The minimum absolute atomic E-state index is 0.0279. The van der Waals surface area contributed by atoms with Crippen LogP contribution in [0.1, 0.15) is 24.0 Å². The summed E-state index contributed by atoms with van der Waals surface area (Å²) < 4.78 is 13.4. The fourth-order valence-corrected chi connectivity index (χ4v) is 1.90. The van der Waals surface area contributed by atoms with E-state index < -0.39 is 5.97 Å². The van der Waals surface area contributed by atoms with Gasteiger partial charge in [0.25, 0.3) is 0 Å². The number of halogens is 1. The van der Waals surface area contributed by atoms with Gasteiger partial charge in [0.05, 0.1) is 6.54 Å². The molecule has 0 bridgehead atoms. The fraction of sp³-hybridized carbons (Fsp3) is 0.462. The van der Waals surface area contributed by atoms with Crippen molar-refractivity contribution in [1.29, 1.82) is 0 Å². The zero-order chi connectivity index (χ0) is 12.4. The Bertz CT molecular complexity index is 429. The van der Waals surface area contributed by atoms with Crippen LogP contribution in [0, 0.1) is 12.7 Å². The summed E-state index contributed by atoms with van der Waals surface area (Å²) in [6.45, 7) is 2.25. The molecule has 0 radical (unpaired) electrons. The number of carboxylic acid groups (broad SMARTS) is 1. The molecule has 0 heterocycles. The van der Waals surface area contributed by atoms with E-state index in [4.69, 9.17) is 5.11 Å². The number of benzene rings is 1. The Morgan fingerprint density at radius 3 is 2.76 bits per heavy atom. The van der Waals surface area contributed by atoms with Crippen LogP contribution in [0.5, 0.6) is 0 Å². The Morgan fingerprint density at radius 1 is 1.53 bits per heavy atom. The number of rotatable bonds is 5. The first-order chi connectivity index (χ1) is 8.06. The van der Waals surface area contributed by atoms with Crippen LogP contribution in [0.4, 0.5) is 4.39 Å². The maximum absolute atomic E-state index is 13.4. The van der Waals surface area contributed by atoms with Crippen molar-refractivity contribution in [2.75, 3.05) is 6.54 Å². The predicted octanol–water partition coefficient (Wildman–Crippen LogP) is 2.18. The van der Waals surface area contributed by atoms with E-state index >= 15 is 0 Å². The monoisotopic (exact) mass is 237 g/mol. The third kappa shape index (κ3) is 3.27. The lowest BCUT2D eigenvalue weighted by Gasteiger charge is -2.19. The van der Waals surface area contributed by atoms with Crippen LogP contribution in [-0.4, -0.2) is 28.6 Å². The maximum atomic E-state index is 13.4. The SMILES string of the molecule is Cc1ccc(CN(CC(=O)O)C2CC2)cc1F. The molecule has 2 rings (SSSR count). The number of hydrogen-bond acceptors (Lipinski definition) is 2. The molecule has 1 fully saturated rings. The van der Waals surface area contributed by atoms with E-state index in [0.717, 1.165) is 18.4 Å². The van der Waals surface area contributed by atoms with Crippen LogP contribution in [0.2, 0.25) is 0 Å². The molecule has 1 saturated carbocycles. The summed E-state index contributed by atoms with van der Waals surface area (Å²) in [7, 11) is 0. The van der Waals surface area contributed by atoms with Crippen LogP contribution in [0.25, 0.3) is 0 Å². The summed E-state index contributed by atoms with van der Waals surface area (Å²) in [5.74, 6) is -1.06. The highest BCUT2D eigenvalue weighted by molar-refractivity contribution is 5.69. The van der Waals surface area contributed by atoms with Crippen molar-refractivity contribution in [2.45, 2.75) is 32.4 Å². The summed E-state index contributed by atoms with van der Waals surface area (Å²) in [5.41, 5.74) is 1.45. The average molecular weight is 237 g/mol. The zero-order valence-electron chi connectivity index (χ0n) is 9.82.